The first-order valence-corrected chi connectivity index (χ1v) is 11.3. The molecule has 1 aliphatic rings. The molecule has 0 spiro atoms. The van der Waals surface area contributed by atoms with Crippen LogP contribution in [0.5, 0.6) is 0 Å². The molecule has 1 aliphatic heterocycles. The lowest BCUT2D eigenvalue weighted by molar-refractivity contribution is 0.0374. The van der Waals surface area contributed by atoms with Gasteiger partial charge in [0.25, 0.3) is 0 Å². The second-order valence-electron chi connectivity index (χ2n) is 8.17. The molecule has 0 bridgehead atoms. The van der Waals surface area contributed by atoms with Gasteiger partial charge >= 0.3 is 0 Å². The second kappa shape index (κ2) is 13.7. The maximum Gasteiger partial charge on any atom is 0.191 e. The predicted molar refractivity (Wildman–Crippen MR) is 140 cm³/mol. The summed E-state index contributed by atoms with van der Waals surface area (Å²) in [6, 6.07) is 17.5. The Hall–Kier alpha value is -1.71. The van der Waals surface area contributed by atoms with Crippen LogP contribution in [-0.2, 0) is 11.2 Å². The normalized spacial score (nSPS) is 16.7. The van der Waals surface area contributed by atoms with Gasteiger partial charge in [-0.1, -0.05) is 42.5 Å². The van der Waals surface area contributed by atoms with Crippen LogP contribution in [0.3, 0.4) is 0 Å². The van der Waals surface area contributed by atoms with Gasteiger partial charge in [0, 0.05) is 37.9 Å². The highest BCUT2D eigenvalue weighted by Gasteiger charge is 2.34. The number of hydrogen-bond acceptors (Lipinski definition) is 3. The van der Waals surface area contributed by atoms with E-state index in [1.165, 1.54) is 11.6 Å². The summed E-state index contributed by atoms with van der Waals surface area (Å²) in [6.45, 7) is 7.90. The van der Waals surface area contributed by atoms with Crippen molar-refractivity contribution in [3.05, 3.63) is 71.5 Å². The molecule has 2 aromatic rings. The zero-order valence-electron chi connectivity index (χ0n) is 19.1. The Bertz CT molecular complexity index is 828. The van der Waals surface area contributed by atoms with Gasteiger partial charge in [0.05, 0.1) is 6.54 Å². The average Bonchev–Trinajstić information content (AvgIpc) is 2.79. The Morgan fingerprint density at radius 3 is 2.53 bits per heavy atom. The maximum atomic E-state index is 13.4. The minimum atomic E-state index is -0.196. The molecule has 3 rings (SSSR count). The van der Waals surface area contributed by atoms with E-state index in [-0.39, 0.29) is 41.4 Å². The minimum absolute atomic E-state index is 0. The number of guanidine groups is 1. The standard InChI is InChI=1S/C25H35FN4O.HI/c1-3-27-24(28-15-12-21-8-7-11-23(26)18-21)29-19-25(13-16-31-17-14-25)30-20(2)22-9-5-4-6-10-22;/h4-11,18,20,30H,3,12-17,19H2,1-2H3,(H2,27,28,29);1H. The maximum absolute atomic E-state index is 13.4. The van der Waals surface area contributed by atoms with E-state index in [1.807, 2.05) is 12.1 Å². The van der Waals surface area contributed by atoms with E-state index in [0.29, 0.717) is 13.1 Å². The summed E-state index contributed by atoms with van der Waals surface area (Å²) in [5, 5.41) is 10.6. The predicted octanol–water partition coefficient (Wildman–Crippen LogP) is 4.44. The Morgan fingerprint density at radius 2 is 1.84 bits per heavy atom. The fourth-order valence-corrected chi connectivity index (χ4v) is 3.98. The Labute approximate surface area is 208 Å². The molecule has 0 radical (unpaired) electrons. The number of ether oxygens (including phenoxy) is 1. The zero-order valence-corrected chi connectivity index (χ0v) is 21.4. The summed E-state index contributed by atoms with van der Waals surface area (Å²) in [5.41, 5.74) is 2.15. The molecule has 1 saturated heterocycles. The summed E-state index contributed by atoms with van der Waals surface area (Å²) in [6.07, 6.45) is 2.59. The molecule has 1 atom stereocenters. The molecule has 0 saturated carbocycles. The molecule has 32 heavy (non-hydrogen) atoms. The van der Waals surface area contributed by atoms with Gasteiger partial charge in [-0.15, -0.1) is 24.0 Å². The summed E-state index contributed by atoms with van der Waals surface area (Å²) in [7, 11) is 0. The van der Waals surface area contributed by atoms with Crippen molar-refractivity contribution in [2.45, 2.75) is 44.7 Å². The molecule has 0 aliphatic carbocycles. The van der Waals surface area contributed by atoms with Crippen molar-refractivity contribution in [1.29, 1.82) is 0 Å². The molecule has 0 aromatic heterocycles. The first-order valence-electron chi connectivity index (χ1n) is 11.3. The third kappa shape index (κ3) is 8.33. The summed E-state index contributed by atoms with van der Waals surface area (Å²) < 4.78 is 19.0. The topological polar surface area (TPSA) is 57.7 Å². The molecular weight excluding hydrogens is 518 g/mol. The fraction of sp³-hybridized carbons (Fsp3) is 0.480. The minimum Gasteiger partial charge on any atom is -0.381 e. The third-order valence-corrected chi connectivity index (χ3v) is 5.75. The lowest BCUT2D eigenvalue weighted by Crippen LogP contribution is -2.53. The number of halogens is 2. The van der Waals surface area contributed by atoms with Gasteiger partial charge in [-0.3, -0.25) is 4.99 Å². The van der Waals surface area contributed by atoms with Crippen molar-refractivity contribution in [2.24, 2.45) is 4.99 Å². The third-order valence-electron chi connectivity index (χ3n) is 5.75. The Kier molecular flexibility index (Phi) is 11.4. The number of benzene rings is 2. The lowest BCUT2D eigenvalue weighted by Gasteiger charge is -2.39. The van der Waals surface area contributed by atoms with E-state index >= 15 is 0 Å². The van der Waals surface area contributed by atoms with E-state index in [0.717, 1.165) is 50.5 Å². The number of rotatable bonds is 9. The van der Waals surface area contributed by atoms with Crippen LogP contribution < -0.4 is 16.0 Å². The molecule has 2 aromatic carbocycles. The quantitative estimate of drug-likeness (QED) is 0.244. The lowest BCUT2D eigenvalue weighted by atomic mass is 9.88. The van der Waals surface area contributed by atoms with Gasteiger partial charge < -0.3 is 20.7 Å². The summed E-state index contributed by atoms with van der Waals surface area (Å²) >= 11 is 0. The van der Waals surface area contributed by atoms with Crippen molar-refractivity contribution >= 4 is 29.9 Å². The first-order chi connectivity index (χ1) is 15.1. The van der Waals surface area contributed by atoms with Crippen LogP contribution in [-0.4, -0.2) is 44.3 Å². The first kappa shape index (κ1) is 26.5. The molecule has 1 fully saturated rings. The zero-order chi connectivity index (χ0) is 21.9. The molecule has 176 valence electrons. The van der Waals surface area contributed by atoms with Crippen LogP contribution in [0.25, 0.3) is 0 Å². The highest BCUT2D eigenvalue weighted by atomic mass is 127. The van der Waals surface area contributed by atoms with Crippen LogP contribution in [0.1, 0.15) is 43.9 Å². The molecule has 1 unspecified atom stereocenters. The second-order valence-corrected chi connectivity index (χ2v) is 8.17. The van der Waals surface area contributed by atoms with Gasteiger partial charge in [0.2, 0.25) is 0 Å². The van der Waals surface area contributed by atoms with E-state index in [9.17, 15) is 4.39 Å². The molecule has 1 heterocycles. The van der Waals surface area contributed by atoms with Crippen LogP contribution in [0.15, 0.2) is 59.6 Å². The Balaban J connectivity index is 0.00000363. The monoisotopic (exact) mass is 554 g/mol. The highest BCUT2D eigenvalue weighted by Crippen LogP contribution is 2.26. The fourth-order valence-electron chi connectivity index (χ4n) is 3.98. The summed E-state index contributed by atoms with van der Waals surface area (Å²) in [4.78, 5) is 4.91. The van der Waals surface area contributed by atoms with Gasteiger partial charge in [-0.05, 0) is 56.4 Å². The SMILES string of the molecule is CCNC(=NCC1(NC(C)c2ccccc2)CCOCC1)NCCc1cccc(F)c1.I. The Morgan fingerprint density at radius 1 is 1.09 bits per heavy atom. The molecular formula is C25H36FIN4O. The average molecular weight is 554 g/mol. The van der Waals surface area contributed by atoms with Crippen molar-refractivity contribution < 1.29 is 9.13 Å². The number of hydrogen-bond donors (Lipinski definition) is 3. The van der Waals surface area contributed by atoms with Gasteiger partial charge in [-0.25, -0.2) is 4.39 Å². The largest absolute Gasteiger partial charge is 0.381 e. The van der Waals surface area contributed by atoms with Crippen molar-refractivity contribution in [2.75, 3.05) is 32.8 Å². The van der Waals surface area contributed by atoms with E-state index in [1.54, 1.807) is 12.1 Å². The number of nitrogens with zero attached hydrogens (tertiary/aromatic N) is 1. The van der Waals surface area contributed by atoms with Crippen molar-refractivity contribution in [1.82, 2.24) is 16.0 Å². The van der Waals surface area contributed by atoms with Crippen LogP contribution in [0.4, 0.5) is 4.39 Å². The van der Waals surface area contributed by atoms with Gasteiger partial charge in [-0.2, -0.15) is 0 Å². The molecule has 5 nitrogen and oxygen atoms in total. The molecule has 7 heteroatoms. The van der Waals surface area contributed by atoms with E-state index in [4.69, 9.17) is 9.73 Å². The summed E-state index contributed by atoms with van der Waals surface area (Å²) in [5.74, 6) is 0.595. The van der Waals surface area contributed by atoms with Crippen LogP contribution >= 0.6 is 24.0 Å². The van der Waals surface area contributed by atoms with Crippen molar-refractivity contribution in [3.63, 3.8) is 0 Å². The van der Waals surface area contributed by atoms with E-state index < -0.39 is 0 Å². The van der Waals surface area contributed by atoms with Gasteiger partial charge in [0.15, 0.2) is 5.96 Å². The van der Waals surface area contributed by atoms with Crippen LogP contribution in [0.2, 0.25) is 0 Å². The number of nitrogens with one attached hydrogen (secondary N) is 3. The number of aliphatic imine (C=N–C) groups is 1. The highest BCUT2D eigenvalue weighted by molar-refractivity contribution is 14.0. The van der Waals surface area contributed by atoms with E-state index in [2.05, 4.69) is 54.1 Å². The molecule has 3 N–H and O–H groups in total. The van der Waals surface area contributed by atoms with Gasteiger partial charge in [0.1, 0.15) is 5.82 Å². The van der Waals surface area contributed by atoms with Crippen LogP contribution in [0, 0.1) is 5.82 Å². The molecule has 0 amide bonds. The van der Waals surface area contributed by atoms with Crippen molar-refractivity contribution in [3.8, 4) is 0 Å². The smallest absolute Gasteiger partial charge is 0.191 e.